The van der Waals surface area contributed by atoms with Crippen molar-refractivity contribution in [2.75, 3.05) is 6.54 Å². The van der Waals surface area contributed by atoms with E-state index in [1.807, 2.05) is 0 Å². The first-order valence-electron chi connectivity index (χ1n) is 5.36. The number of nitrogens with one attached hydrogen (secondary N) is 1. The number of halogens is 2. The molecule has 0 spiro atoms. The largest absolute Gasteiger partial charge is 0.353 e. The molecule has 1 unspecified atom stereocenters. The van der Waals surface area contributed by atoms with E-state index < -0.39 is 17.4 Å². The van der Waals surface area contributed by atoms with Crippen molar-refractivity contribution in [2.24, 2.45) is 0 Å². The average molecular weight is 225 g/mol. The third-order valence-electron chi connectivity index (χ3n) is 2.90. The number of carbonyl (C=O) groups excluding carboxylic acids is 1. The van der Waals surface area contributed by atoms with E-state index in [9.17, 15) is 13.6 Å². The first-order chi connectivity index (χ1) is 7.63. The third kappa shape index (κ3) is 1.92. The molecule has 1 aliphatic rings. The van der Waals surface area contributed by atoms with Crippen LogP contribution in [0.15, 0.2) is 24.3 Å². The predicted octanol–water partition coefficient (Wildman–Crippen LogP) is 2.29. The Kier molecular flexibility index (Phi) is 2.90. The standard InChI is InChI=1S/C12H13F2NO/c13-10-5-3-9(4-6-10)12(14)7-1-2-8-15-11(12)16/h3-6H,1-2,7-8H2,(H,15,16). The van der Waals surface area contributed by atoms with Gasteiger partial charge in [0.1, 0.15) is 5.82 Å². The predicted molar refractivity (Wildman–Crippen MR) is 56.0 cm³/mol. The number of benzene rings is 1. The SMILES string of the molecule is O=C1NCCCCC1(F)c1ccc(F)cc1. The smallest absolute Gasteiger partial charge is 0.262 e. The van der Waals surface area contributed by atoms with Crippen molar-refractivity contribution >= 4 is 5.91 Å². The lowest BCUT2D eigenvalue weighted by Crippen LogP contribution is -2.39. The zero-order chi connectivity index (χ0) is 11.6. The van der Waals surface area contributed by atoms with Crippen LogP contribution < -0.4 is 5.32 Å². The molecule has 0 aromatic heterocycles. The van der Waals surface area contributed by atoms with Gasteiger partial charge in [-0.3, -0.25) is 4.79 Å². The Bertz CT molecular complexity index is 391. The fourth-order valence-corrected chi connectivity index (χ4v) is 1.94. The van der Waals surface area contributed by atoms with Crippen LogP contribution in [0, 0.1) is 5.82 Å². The number of carbonyl (C=O) groups is 1. The van der Waals surface area contributed by atoms with Gasteiger partial charge in [0.05, 0.1) is 0 Å². The summed E-state index contributed by atoms with van der Waals surface area (Å²) in [6.07, 6.45) is 1.58. The van der Waals surface area contributed by atoms with Gasteiger partial charge in [0, 0.05) is 6.54 Å². The number of rotatable bonds is 1. The highest BCUT2D eigenvalue weighted by Gasteiger charge is 2.40. The Morgan fingerprint density at radius 1 is 1.19 bits per heavy atom. The normalized spacial score (nSPS) is 26.0. The van der Waals surface area contributed by atoms with Gasteiger partial charge < -0.3 is 5.32 Å². The van der Waals surface area contributed by atoms with Crippen LogP contribution in [0.4, 0.5) is 8.78 Å². The van der Waals surface area contributed by atoms with Crippen molar-refractivity contribution < 1.29 is 13.6 Å². The van der Waals surface area contributed by atoms with Crippen molar-refractivity contribution in [3.63, 3.8) is 0 Å². The molecule has 1 aromatic rings. The maximum atomic E-state index is 14.6. The molecule has 1 saturated heterocycles. The highest BCUT2D eigenvalue weighted by atomic mass is 19.1. The van der Waals surface area contributed by atoms with Crippen LogP contribution >= 0.6 is 0 Å². The van der Waals surface area contributed by atoms with Crippen LogP contribution in [0.3, 0.4) is 0 Å². The van der Waals surface area contributed by atoms with Crippen LogP contribution in [-0.2, 0) is 10.5 Å². The molecule has 2 nitrogen and oxygen atoms in total. The van der Waals surface area contributed by atoms with Crippen LogP contribution in [0.5, 0.6) is 0 Å². The second-order valence-corrected chi connectivity index (χ2v) is 4.02. The van der Waals surface area contributed by atoms with E-state index in [2.05, 4.69) is 5.32 Å². The summed E-state index contributed by atoms with van der Waals surface area (Å²) in [4.78, 5) is 11.6. The topological polar surface area (TPSA) is 29.1 Å². The minimum absolute atomic E-state index is 0.157. The van der Waals surface area contributed by atoms with E-state index in [0.717, 1.165) is 6.42 Å². The molecule has 1 atom stereocenters. The highest BCUT2D eigenvalue weighted by Crippen LogP contribution is 2.33. The minimum Gasteiger partial charge on any atom is -0.353 e. The van der Waals surface area contributed by atoms with Gasteiger partial charge in [-0.1, -0.05) is 12.1 Å². The monoisotopic (exact) mass is 225 g/mol. The van der Waals surface area contributed by atoms with Crippen molar-refractivity contribution in [1.82, 2.24) is 5.32 Å². The van der Waals surface area contributed by atoms with E-state index >= 15 is 0 Å². The lowest BCUT2D eigenvalue weighted by atomic mass is 9.90. The first-order valence-corrected chi connectivity index (χ1v) is 5.36. The van der Waals surface area contributed by atoms with E-state index in [1.165, 1.54) is 24.3 Å². The molecule has 4 heteroatoms. The summed E-state index contributed by atoms with van der Waals surface area (Å²) in [7, 11) is 0. The number of alkyl halides is 1. The lowest BCUT2D eigenvalue weighted by molar-refractivity contribution is -0.133. The van der Waals surface area contributed by atoms with E-state index in [4.69, 9.17) is 0 Å². The molecule has 1 heterocycles. The highest BCUT2D eigenvalue weighted by molar-refractivity contribution is 5.86. The summed E-state index contributed by atoms with van der Waals surface area (Å²) in [6.45, 7) is 0.506. The zero-order valence-electron chi connectivity index (χ0n) is 8.80. The first kappa shape index (κ1) is 11.0. The number of amides is 1. The van der Waals surface area contributed by atoms with Crippen LogP contribution in [0.1, 0.15) is 24.8 Å². The number of hydrogen-bond donors (Lipinski definition) is 1. The molecule has 1 N–H and O–H groups in total. The van der Waals surface area contributed by atoms with Crippen LogP contribution in [0.2, 0.25) is 0 Å². The third-order valence-corrected chi connectivity index (χ3v) is 2.90. The van der Waals surface area contributed by atoms with E-state index in [0.29, 0.717) is 13.0 Å². The Hall–Kier alpha value is -1.45. The fraction of sp³-hybridized carbons (Fsp3) is 0.417. The van der Waals surface area contributed by atoms with Crippen molar-refractivity contribution in [3.05, 3.63) is 35.6 Å². The molecule has 0 bridgehead atoms. The molecule has 0 saturated carbocycles. The maximum Gasteiger partial charge on any atom is 0.262 e. The van der Waals surface area contributed by atoms with Crippen LogP contribution in [-0.4, -0.2) is 12.5 Å². The summed E-state index contributed by atoms with van der Waals surface area (Å²) in [5.41, 5.74) is -1.78. The molecule has 16 heavy (non-hydrogen) atoms. The van der Waals surface area contributed by atoms with E-state index in [-0.39, 0.29) is 12.0 Å². The Morgan fingerprint density at radius 3 is 2.56 bits per heavy atom. The van der Waals surface area contributed by atoms with Crippen molar-refractivity contribution in [1.29, 1.82) is 0 Å². The van der Waals surface area contributed by atoms with Gasteiger partial charge in [0.25, 0.3) is 5.91 Å². The Balaban J connectivity index is 2.34. The van der Waals surface area contributed by atoms with Gasteiger partial charge in [0.2, 0.25) is 5.67 Å². The van der Waals surface area contributed by atoms with Gasteiger partial charge in [-0.15, -0.1) is 0 Å². The molecule has 86 valence electrons. The maximum absolute atomic E-state index is 14.6. The molecule has 0 aliphatic carbocycles. The van der Waals surface area contributed by atoms with Gasteiger partial charge in [-0.05, 0) is 37.0 Å². The van der Waals surface area contributed by atoms with Gasteiger partial charge in [-0.25, -0.2) is 8.78 Å². The molecule has 0 radical (unpaired) electrons. The Labute approximate surface area is 92.7 Å². The summed E-state index contributed by atoms with van der Waals surface area (Å²) in [6, 6.07) is 5.02. The second-order valence-electron chi connectivity index (χ2n) is 4.02. The summed E-state index contributed by atoms with van der Waals surface area (Å²) in [5.74, 6) is -1.04. The van der Waals surface area contributed by atoms with Gasteiger partial charge in [-0.2, -0.15) is 0 Å². The molecule has 1 aromatic carbocycles. The lowest BCUT2D eigenvalue weighted by Gasteiger charge is -2.22. The quantitative estimate of drug-likeness (QED) is 0.780. The molecule has 1 amide bonds. The van der Waals surface area contributed by atoms with Crippen LogP contribution in [0.25, 0.3) is 0 Å². The summed E-state index contributed by atoms with van der Waals surface area (Å²) in [5, 5.41) is 2.54. The zero-order valence-corrected chi connectivity index (χ0v) is 8.80. The molecular formula is C12H13F2NO. The Morgan fingerprint density at radius 2 is 1.88 bits per heavy atom. The summed E-state index contributed by atoms with van der Waals surface area (Å²) >= 11 is 0. The minimum atomic E-state index is -2.01. The average Bonchev–Trinajstić information content (AvgIpc) is 2.44. The van der Waals surface area contributed by atoms with E-state index in [1.54, 1.807) is 0 Å². The second kappa shape index (κ2) is 4.20. The van der Waals surface area contributed by atoms with Crippen molar-refractivity contribution in [3.8, 4) is 0 Å². The number of hydrogen-bond acceptors (Lipinski definition) is 1. The van der Waals surface area contributed by atoms with Gasteiger partial charge >= 0.3 is 0 Å². The van der Waals surface area contributed by atoms with Crippen molar-refractivity contribution in [2.45, 2.75) is 24.9 Å². The summed E-state index contributed by atoms with van der Waals surface area (Å²) < 4.78 is 27.3. The fourth-order valence-electron chi connectivity index (χ4n) is 1.94. The van der Waals surface area contributed by atoms with Gasteiger partial charge in [0.15, 0.2) is 0 Å². The molecule has 1 aliphatic heterocycles. The molecular weight excluding hydrogens is 212 g/mol. The molecule has 2 rings (SSSR count). The molecule has 1 fully saturated rings.